The fourth-order valence-electron chi connectivity index (χ4n) is 5.60. The number of nitrogens with zero attached hydrogens (tertiary/aromatic N) is 7. The highest BCUT2D eigenvalue weighted by Gasteiger charge is 2.48. The van der Waals surface area contributed by atoms with E-state index in [-0.39, 0.29) is 53.0 Å². The van der Waals surface area contributed by atoms with Crippen molar-refractivity contribution in [2.75, 3.05) is 17.6 Å². The van der Waals surface area contributed by atoms with Crippen LogP contribution in [0.2, 0.25) is 0 Å². The number of benzene rings is 1. The summed E-state index contributed by atoms with van der Waals surface area (Å²) in [6.07, 6.45) is 4.26. The summed E-state index contributed by atoms with van der Waals surface area (Å²) >= 11 is 0. The fourth-order valence-corrected chi connectivity index (χ4v) is 5.60. The van der Waals surface area contributed by atoms with Gasteiger partial charge in [-0.3, -0.25) is 9.59 Å². The van der Waals surface area contributed by atoms with Crippen LogP contribution in [0.15, 0.2) is 48.9 Å². The maximum absolute atomic E-state index is 15.5. The molecular weight excluding hydrogens is 489 g/mol. The molecule has 1 saturated heterocycles. The SMILES string of the molecule is N#CCC(=O)N1C[C@H]2CC(n3nc(-c4ccc(C(=O)Nc5ccccn5)cc4F)c4c(N)ncnc43)[C@@H]1C2. The molecule has 11 nitrogen and oxygen atoms in total. The Morgan fingerprint density at radius 2 is 2.00 bits per heavy atom. The first-order valence-corrected chi connectivity index (χ1v) is 12.1. The van der Waals surface area contributed by atoms with Crippen LogP contribution >= 0.6 is 0 Å². The molecule has 2 aliphatic rings. The summed E-state index contributed by atoms with van der Waals surface area (Å²) < 4.78 is 17.2. The van der Waals surface area contributed by atoms with E-state index in [0.29, 0.717) is 23.4 Å². The number of anilines is 2. The summed E-state index contributed by atoms with van der Waals surface area (Å²) in [4.78, 5) is 39.5. The maximum atomic E-state index is 15.5. The van der Waals surface area contributed by atoms with Gasteiger partial charge in [0.05, 0.1) is 23.5 Å². The van der Waals surface area contributed by atoms with Crippen LogP contribution in [0.4, 0.5) is 16.0 Å². The number of pyridine rings is 1. The molecular formula is C26H22FN9O2. The predicted molar refractivity (Wildman–Crippen MR) is 135 cm³/mol. The quantitative estimate of drug-likeness (QED) is 0.414. The van der Waals surface area contributed by atoms with Crippen LogP contribution < -0.4 is 11.1 Å². The highest BCUT2D eigenvalue weighted by molar-refractivity contribution is 6.04. The summed E-state index contributed by atoms with van der Waals surface area (Å²) in [5, 5.41) is 16.8. The Kier molecular flexibility index (Phi) is 5.68. The van der Waals surface area contributed by atoms with E-state index in [4.69, 9.17) is 16.1 Å². The first kappa shape index (κ1) is 23.5. The van der Waals surface area contributed by atoms with Crippen molar-refractivity contribution < 1.29 is 14.0 Å². The summed E-state index contributed by atoms with van der Waals surface area (Å²) in [5.74, 6) is -0.592. The summed E-state index contributed by atoms with van der Waals surface area (Å²) in [5.41, 5.74) is 7.17. The third kappa shape index (κ3) is 3.88. The lowest BCUT2D eigenvalue weighted by atomic mass is 10.0. The number of rotatable bonds is 5. The molecule has 12 heteroatoms. The number of likely N-dealkylation sites (tertiary alicyclic amines) is 1. The first-order chi connectivity index (χ1) is 18.4. The van der Waals surface area contributed by atoms with Crippen LogP contribution in [0.5, 0.6) is 0 Å². The molecule has 1 aliphatic carbocycles. The van der Waals surface area contributed by atoms with Gasteiger partial charge in [-0.15, -0.1) is 0 Å². The number of nitrogen functional groups attached to an aromatic ring is 1. The Morgan fingerprint density at radius 3 is 2.74 bits per heavy atom. The Bertz CT molecular complexity index is 1610. The van der Waals surface area contributed by atoms with Crippen molar-refractivity contribution in [3.05, 3.63) is 60.3 Å². The van der Waals surface area contributed by atoms with Gasteiger partial charge < -0.3 is 16.0 Å². The van der Waals surface area contributed by atoms with Gasteiger partial charge in [0.1, 0.15) is 35.9 Å². The van der Waals surface area contributed by atoms with Crippen LogP contribution in [-0.2, 0) is 4.79 Å². The van der Waals surface area contributed by atoms with Crippen LogP contribution in [0.25, 0.3) is 22.3 Å². The van der Waals surface area contributed by atoms with E-state index in [2.05, 4.69) is 20.3 Å². The van der Waals surface area contributed by atoms with Crippen molar-refractivity contribution in [3.63, 3.8) is 0 Å². The van der Waals surface area contributed by atoms with Gasteiger partial charge in [0.15, 0.2) is 5.65 Å². The Morgan fingerprint density at radius 1 is 1.16 bits per heavy atom. The molecule has 38 heavy (non-hydrogen) atoms. The average molecular weight is 512 g/mol. The van der Waals surface area contributed by atoms with Crippen molar-refractivity contribution in [2.24, 2.45) is 5.92 Å². The van der Waals surface area contributed by atoms with Crippen molar-refractivity contribution in [3.8, 4) is 17.3 Å². The van der Waals surface area contributed by atoms with Crippen LogP contribution in [0.3, 0.4) is 0 Å². The number of halogens is 1. The number of amides is 2. The molecule has 3 atom stereocenters. The largest absolute Gasteiger partial charge is 0.383 e. The van der Waals surface area contributed by atoms with Crippen molar-refractivity contribution in [1.82, 2.24) is 29.6 Å². The highest BCUT2D eigenvalue weighted by atomic mass is 19.1. The Balaban J connectivity index is 1.37. The molecule has 2 amide bonds. The molecule has 1 aromatic carbocycles. The molecule has 2 bridgehead atoms. The second-order valence-electron chi connectivity index (χ2n) is 9.47. The minimum absolute atomic E-state index is 0.115. The van der Waals surface area contributed by atoms with Crippen molar-refractivity contribution in [2.45, 2.75) is 31.3 Å². The van der Waals surface area contributed by atoms with E-state index in [1.165, 1.54) is 18.5 Å². The second kappa shape index (κ2) is 9.19. The van der Waals surface area contributed by atoms with Gasteiger partial charge in [0.25, 0.3) is 5.91 Å². The lowest BCUT2D eigenvalue weighted by Crippen LogP contribution is -2.43. The van der Waals surface area contributed by atoms with E-state index in [1.54, 1.807) is 34.0 Å². The van der Waals surface area contributed by atoms with Crippen molar-refractivity contribution >= 4 is 34.5 Å². The van der Waals surface area contributed by atoms with E-state index < -0.39 is 11.7 Å². The maximum Gasteiger partial charge on any atom is 0.256 e. The Hall–Kier alpha value is -4.92. The molecule has 1 unspecified atom stereocenters. The third-order valence-electron chi connectivity index (χ3n) is 7.22. The first-order valence-electron chi connectivity index (χ1n) is 12.1. The highest BCUT2D eigenvalue weighted by Crippen LogP contribution is 2.46. The topological polar surface area (TPSA) is 156 Å². The summed E-state index contributed by atoms with van der Waals surface area (Å²) in [7, 11) is 0. The predicted octanol–water partition coefficient (Wildman–Crippen LogP) is 2.94. The Labute approximate surface area is 216 Å². The van der Waals surface area contributed by atoms with Gasteiger partial charge in [-0.05, 0) is 49.1 Å². The summed E-state index contributed by atoms with van der Waals surface area (Å²) in [6, 6.07) is 10.8. The van der Waals surface area contributed by atoms with Gasteiger partial charge in [0, 0.05) is 23.9 Å². The summed E-state index contributed by atoms with van der Waals surface area (Å²) in [6.45, 7) is 0.613. The minimum atomic E-state index is -0.660. The molecule has 0 spiro atoms. The molecule has 1 aliphatic heterocycles. The lowest BCUT2D eigenvalue weighted by Gasteiger charge is -2.33. The van der Waals surface area contributed by atoms with E-state index >= 15 is 4.39 Å². The van der Waals surface area contributed by atoms with Gasteiger partial charge >= 0.3 is 0 Å². The number of nitriles is 1. The number of aromatic nitrogens is 5. The molecule has 4 heterocycles. The van der Waals surface area contributed by atoms with Gasteiger partial charge in [-0.2, -0.15) is 10.4 Å². The number of hydrogen-bond donors (Lipinski definition) is 2. The molecule has 4 aromatic rings. The van der Waals surface area contributed by atoms with E-state index in [1.807, 2.05) is 6.07 Å². The number of nitrogens with one attached hydrogen (secondary N) is 1. The monoisotopic (exact) mass is 511 g/mol. The second-order valence-corrected chi connectivity index (χ2v) is 9.47. The van der Waals surface area contributed by atoms with Crippen LogP contribution in [-0.4, -0.2) is 54.0 Å². The number of carbonyl (C=O) groups excluding carboxylic acids is 2. The number of nitrogens with two attached hydrogens (primary N) is 1. The third-order valence-corrected chi connectivity index (χ3v) is 7.22. The zero-order valence-electron chi connectivity index (χ0n) is 20.1. The molecule has 6 rings (SSSR count). The minimum Gasteiger partial charge on any atom is -0.383 e. The molecule has 2 fully saturated rings. The van der Waals surface area contributed by atoms with Gasteiger partial charge in [0.2, 0.25) is 5.91 Å². The standard InChI is InChI=1S/C26H22FN9O2/c27-17-11-15(26(38)33-20-3-1-2-8-30-20)4-5-16(17)23-22-24(29)31-13-32-25(22)36(34-23)19-10-14-9-18(19)35(12-14)21(37)6-7-28/h1-5,8,11,13-14,18-19H,6,9-10,12H2,(H2,29,31,32)(H,30,33,38)/t14-,18+,19?/m1/s1. The van der Waals surface area contributed by atoms with Gasteiger partial charge in [-0.25, -0.2) is 24.0 Å². The molecule has 1 saturated carbocycles. The smallest absolute Gasteiger partial charge is 0.256 e. The van der Waals surface area contributed by atoms with Gasteiger partial charge in [-0.1, -0.05) is 6.07 Å². The van der Waals surface area contributed by atoms with E-state index in [9.17, 15) is 9.59 Å². The zero-order valence-corrected chi connectivity index (χ0v) is 20.1. The normalized spacial score (nSPS) is 20.0. The lowest BCUT2D eigenvalue weighted by molar-refractivity contribution is -0.132. The van der Waals surface area contributed by atoms with Crippen molar-refractivity contribution in [1.29, 1.82) is 5.26 Å². The number of carbonyl (C=O) groups is 2. The van der Waals surface area contributed by atoms with Crippen LogP contribution in [0, 0.1) is 23.1 Å². The molecule has 3 aromatic heterocycles. The number of fused-ring (bicyclic) bond motifs is 3. The zero-order chi connectivity index (χ0) is 26.4. The number of piperidine rings is 1. The number of hydrogen-bond acceptors (Lipinski definition) is 8. The molecule has 0 radical (unpaired) electrons. The fraction of sp³-hybridized carbons (Fsp3) is 0.269. The average Bonchev–Trinajstić information content (AvgIpc) is 3.63. The van der Waals surface area contributed by atoms with E-state index in [0.717, 1.165) is 18.9 Å². The molecule has 3 N–H and O–H groups in total. The van der Waals surface area contributed by atoms with Crippen LogP contribution in [0.1, 0.15) is 35.7 Å². The molecule has 190 valence electrons.